The van der Waals surface area contributed by atoms with E-state index in [9.17, 15) is 14.0 Å². The van der Waals surface area contributed by atoms with E-state index in [0.29, 0.717) is 6.42 Å². The maximum atomic E-state index is 13.1. The lowest BCUT2D eigenvalue weighted by molar-refractivity contribution is -0.124. The number of nitrogens with one attached hydrogen (secondary N) is 1. The molecule has 1 N–H and O–H groups in total. The summed E-state index contributed by atoms with van der Waals surface area (Å²) in [7, 11) is 0. The minimum Gasteiger partial charge on any atom is -0.346 e. The van der Waals surface area contributed by atoms with E-state index >= 15 is 0 Å². The Morgan fingerprint density at radius 2 is 2.09 bits per heavy atom. The Balaban J connectivity index is 2.37. The van der Waals surface area contributed by atoms with Crippen LogP contribution in [0.2, 0.25) is 0 Å². The minimum absolute atomic E-state index is 0.00281. The highest BCUT2D eigenvalue weighted by Crippen LogP contribution is 2.43. The second-order valence-electron chi connectivity index (χ2n) is 6.22. The molecule has 1 saturated heterocycles. The quantitative estimate of drug-likeness (QED) is 0.849. The molecule has 0 bridgehead atoms. The fourth-order valence-corrected chi connectivity index (χ4v) is 3.25. The molecule has 1 aromatic carbocycles. The summed E-state index contributed by atoms with van der Waals surface area (Å²) >= 11 is 0. The van der Waals surface area contributed by atoms with Gasteiger partial charge in [0.25, 0.3) is 0 Å². The second-order valence-corrected chi connectivity index (χ2v) is 6.22. The molecular formula is C18H20FNO2. The molecule has 0 spiro atoms. The maximum absolute atomic E-state index is 13.1. The Morgan fingerprint density at radius 3 is 2.64 bits per heavy atom. The molecule has 1 aliphatic heterocycles. The number of carbonyl (C=O) groups is 2. The maximum Gasteiger partial charge on any atom is 0.221 e. The third-order valence-corrected chi connectivity index (χ3v) is 4.56. The molecule has 116 valence electrons. The van der Waals surface area contributed by atoms with Gasteiger partial charge in [0.1, 0.15) is 5.82 Å². The zero-order valence-corrected chi connectivity index (χ0v) is 12.9. The smallest absolute Gasteiger partial charge is 0.221 e. The highest BCUT2D eigenvalue weighted by molar-refractivity contribution is 5.94. The van der Waals surface area contributed by atoms with Gasteiger partial charge in [-0.15, -0.1) is 6.42 Å². The van der Waals surface area contributed by atoms with Crippen molar-refractivity contribution < 1.29 is 14.0 Å². The third-order valence-electron chi connectivity index (χ3n) is 4.56. The summed E-state index contributed by atoms with van der Waals surface area (Å²) in [5, 5.41) is 2.78. The fourth-order valence-electron chi connectivity index (χ4n) is 3.25. The second kappa shape index (κ2) is 6.31. The van der Waals surface area contributed by atoms with E-state index < -0.39 is 11.5 Å². The average Bonchev–Trinajstić information content (AvgIpc) is 2.80. The lowest BCUT2D eigenvalue weighted by atomic mass is 9.66. The van der Waals surface area contributed by atoms with Crippen molar-refractivity contribution in [2.45, 2.75) is 39.2 Å². The number of hydrogen-bond acceptors (Lipinski definition) is 2. The molecule has 0 saturated carbocycles. The van der Waals surface area contributed by atoms with E-state index in [-0.39, 0.29) is 36.3 Å². The van der Waals surface area contributed by atoms with Crippen molar-refractivity contribution >= 4 is 11.7 Å². The zero-order valence-electron chi connectivity index (χ0n) is 12.9. The van der Waals surface area contributed by atoms with E-state index in [1.807, 2.05) is 13.8 Å². The van der Waals surface area contributed by atoms with Crippen LogP contribution in [-0.2, 0) is 16.0 Å². The van der Waals surface area contributed by atoms with E-state index in [1.54, 1.807) is 12.1 Å². The molecule has 22 heavy (non-hydrogen) atoms. The predicted octanol–water partition coefficient (Wildman–Crippen LogP) is 2.49. The summed E-state index contributed by atoms with van der Waals surface area (Å²) < 4.78 is 13.1. The molecular weight excluding hydrogens is 281 g/mol. The monoisotopic (exact) mass is 301 g/mol. The van der Waals surface area contributed by atoms with Gasteiger partial charge in [0.15, 0.2) is 5.78 Å². The lowest BCUT2D eigenvalue weighted by Gasteiger charge is -2.37. The Hall–Kier alpha value is -2.15. The number of rotatable bonds is 5. The molecule has 4 heteroatoms. The average molecular weight is 301 g/mol. The number of halogens is 1. The summed E-state index contributed by atoms with van der Waals surface area (Å²) in [6.07, 6.45) is 6.06. The number of Topliss-reactive ketones (excluding diaryl/α,β-unsaturated/α-hetero) is 1. The van der Waals surface area contributed by atoms with Gasteiger partial charge in [0.2, 0.25) is 5.91 Å². The van der Waals surface area contributed by atoms with Crippen molar-refractivity contribution in [1.29, 1.82) is 0 Å². The van der Waals surface area contributed by atoms with Gasteiger partial charge in [-0.1, -0.05) is 31.9 Å². The van der Waals surface area contributed by atoms with Gasteiger partial charge in [-0.3, -0.25) is 9.59 Å². The van der Waals surface area contributed by atoms with Gasteiger partial charge >= 0.3 is 0 Å². The zero-order chi connectivity index (χ0) is 16.3. The van der Waals surface area contributed by atoms with Crippen LogP contribution in [0.5, 0.6) is 0 Å². The first-order chi connectivity index (χ1) is 10.4. The van der Waals surface area contributed by atoms with E-state index in [4.69, 9.17) is 6.42 Å². The molecule has 1 aromatic rings. The van der Waals surface area contributed by atoms with Crippen molar-refractivity contribution in [1.82, 2.24) is 5.32 Å². The summed E-state index contributed by atoms with van der Waals surface area (Å²) in [4.78, 5) is 24.3. The van der Waals surface area contributed by atoms with Gasteiger partial charge in [0, 0.05) is 11.8 Å². The van der Waals surface area contributed by atoms with Crippen molar-refractivity contribution in [3.63, 3.8) is 0 Å². The van der Waals surface area contributed by atoms with Crippen LogP contribution >= 0.6 is 0 Å². The van der Waals surface area contributed by atoms with E-state index in [1.165, 1.54) is 12.1 Å². The van der Waals surface area contributed by atoms with Crippen LogP contribution in [0.1, 0.15) is 32.3 Å². The summed E-state index contributed by atoms with van der Waals surface area (Å²) in [5.74, 6) is 1.89. The summed E-state index contributed by atoms with van der Waals surface area (Å²) in [6.45, 7) is 4.00. The van der Waals surface area contributed by atoms with Crippen molar-refractivity contribution in [2.24, 2.45) is 11.3 Å². The first kappa shape index (κ1) is 16.2. The normalized spacial score (nSPS) is 24.1. The molecule has 2 rings (SSSR count). The van der Waals surface area contributed by atoms with E-state index in [2.05, 4.69) is 11.2 Å². The predicted molar refractivity (Wildman–Crippen MR) is 82.4 cm³/mol. The molecule has 0 aliphatic carbocycles. The lowest BCUT2D eigenvalue weighted by Crippen LogP contribution is -2.47. The number of hydrogen-bond donors (Lipinski definition) is 1. The minimum atomic E-state index is -0.582. The highest BCUT2D eigenvalue weighted by atomic mass is 19.1. The Kier molecular flexibility index (Phi) is 4.65. The molecule has 3 nitrogen and oxygen atoms in total. The van der Waals surface area contributed by atoms with Gasteiger partial charge in [0.05, 0.1) is 12.5 Å². The van der Waals surface area contributed by atoms with Crippen LogP contribution < -0.4 is 5.32 Å². The van der Waals surface area contributed by atoms with Crippen LogP contribution in [-0.4, -0.2) is 17.7 Å². The summed E-state index contributed by atoms with van der Waals surface area (Å²) in [5.41, 5.74) is 0.383. The molecule has 1 fully saturated rings. The van der Waals surface area contributed by atoms with Gasteiger partial charge in [-0.25, -0.2) is 4.39 Å². The van der Waals surface area contributed by atoms with Crippen LogP contribution in [0.3, 0.4) is 0 Å². The Labute approximate surface area is 130 Å². The SMILES string of the molecule is C#CCC(=O)[C@H]1NC(=O)C[C@]1(Cc1ccc(F)cc1)C(C)C. The number of terminal acetylenes is 1. The van der Waals surface area contributed by atoms with E-state index in [0.717, 1.165) is 5.56 Å². The van der Waals surface area contributed by atoms with Gasteiger partial charge in [-0.2, -0.15) is 0 Å². The molecule has 0 aromatic heterocycles. The van der Waals surface area contributed by atoms with Gasteiger partial charge < -0.3 is 5.32 Å². The van der Waals surface area contributed by atoms with Crippen molar-refractivity contribution in [3.05, 3.63) is 35.6 Å². The number of benzene rings is 1. The molecule has 0 radical (unpaired) electrons. The van der Waals surface area contributed by atoms with Crippen LogP contribution in [0.4, 0.5) is 4.39 Å². The Morgan fingerprint density at radius 1 is 1.45 bits per heavy atom. The largest absolute Gasteiger partial charge is 0.346 e. The molecule has 0 unspecified atom stereocenters. The van der Waals surface area contributed by atoms with Crippen LogP contribution in [0.25, 0.3) is 0 Å². The first-order valence-electron chi connectivity index (χ1n) is 7.39. The Bertz CT molecular complexity index is 615. The standard InChI is InChI=1S/C18H20FNO2/c1-4-5-15(21)17-18(12(2)3,11-16(22)20-17)10-13-6-8-14(19)9-7-13/h1,6-9,12,17H,5,10-11H2,2-3H3,(H,20,22)/t17-,18-/m1/s1. The molecule has 1 amide bonds. The van der Waals surface area contributed by atoms with Crippen LogP contribution in [0, 0.1) is 29.5 Å². The third kappa shape index (κ3) is 3.04. The number of amides is 1. The van der Waals surface area contributed by atoms with Crippen LogP contribution in [0.15, 0.2) is 24.3 Å². The molecule has 2 atom stereocenters. The fraction of sp³-hybridized carbons (Fsp3) is 0.444. The van der Waals surface area contributed by atoms with Crippen molar-refractivity contribution in [3.8, 4) is 12.3 Å². The number of ketones is 1. The van der Waals surface area contributed by atoms with Gasteiger partial charge in [-0.05, 0) is 30.0 Å². The molecule has 1 aliphatic rings. The summed E-state index contributed by atoms with van der Waals surface area (Å²) in [6, 6.07) is 5.61. The number of carbonyl (C=O) groups excluding carboxylic acids is 2. The van der Waals surface area contributed by atoms with Crippen molar-refractivity contribution in [2.75, 3.05) is 0 Å². The first-order valence-corrected chi connectivity index (χ1v) is 7.39. The topological polar surface area (TPSA) is 46.2 Å². The molecule has 1 heterocycles. The highest BCUT2D eigenvalue weighted by Gasteiger charge is 2.51.